The van der Waals surface area contributed by atoms with Crippen LogP contribution in [0.2, 0.25) is 0 Å². The highest BCUT2D eigenvalue weighted by molar-refractivity contribution is 5.62. The van der Waals surface area contributed by atoms with Crippen LogP contribution in [0.15, 0.2) is 6.07 Å². The third-order valence-electron chi connectivity index (χ3n) is 7.35. The molecule has 3 fully saturated rings. The van der Waals surface area contributed by atoms with Crippen LogP contribution < -0.4 is 14.2 Å². The Balaban J connectivity index is 1.76. The molecule has 6 heteroatoms. The molecule has 2 saturated heterocycles. The predicted molar refractivity (Wildman–Crippen MR) is 97.5 cm³/mol. The number of aliphatic hydroxyl groups is 1. The van der Waals surface area contributed by atoms with Crippen molar-refractivity contribution in [3.8, 4) is 17.2 Å². The highest BCUT2D eigenvalue weighted by atomic mass is 16.6. The van der Waals surface area contributed by atoms with Gasteiger partial charge in [0.1, 0.15) is 11.7 Å². The monoisotopic (exact) mass is 376 g/mol. The molecule has 0 amide bonds. The van der Waals surface area contributed by atoms with Crippen molar-refractivity contribution < 1.29 is 28.8 Å². The molecule has 2 aliphatic heterocycles. The number of fused-ring (bicyclic) bond motifs is 4. The fraction of sp³-hybridized carbons (Fsp3) is 0.714. The van der Waals surface area contributed by atoms with Crippen LogP contribution in [0, 0.1) is 5.41 Å². The summed E-state index contributed by atoms with van der Waals surface area (Å²) >= 11 is 0. The van der Waals surface area contributed by atoms with Gasteiger partial charge in [0.15, 0.2) is 11.5 Å². The molecule has 4 aliphatic rings. The number of aliphatic hydroxyl groups excluding tert-OH is 1. The van der Waals surface area contributed by atoms with Crippen molar-refractivity contribution in [1.29, 1.82) is 0 Å². The van der Waals surface area contributed by atoms with Gasteiger partial charge >= 0.3 is 0 Å². The number of benzene rings is 1. The Morgan fingerprint density at radius 1 is 1.11 bits per heavy atom. The molecule has 148 valence electrons. The van der Waals surface area contributed by atoms with Gasteiger partial charge in [0.25, 0.3) is 0 Å². The average molecular weight is 376 g/mol. The molecule has 1 N–H and O–H groups in total. The maximum Gasteiger partial charge on any atom is 0.203 e. The standard InChI is InChI=1S/C21H28O6/c1-11(22)18-21-8-6-5-7-20(21)10-14(27-21)15-12(19(20)26-18)9-13(23-2)16(24-3)17(15)25-4/h9,11,14,18-19,22H,5-8,10H2,1-4H3/t11-,14+,18-,19+,20-,21+/m0/s1. The second-order valence-electron chi connectivity index (χ2n) is 8.39. The van der Waals surface area contributed by atoms with E-state index < -0.39 is 11.7 Å². The quantitative estimate of drug-likeness (QED) is 0.870. The SMILES string of the molecule is COc1cc2c(c(OC)c1OC)[C@H]1C[C@]34CCCC[C@@]3(O1)[C@H]([C@H](C)O)O[C@H]24. The zero-order chi connectivity index (χ0) is 19.0. The van der Waals surface area contributed by atoms with Crippen molar-refractivity contribution in [2.24, 2.45) is 5.41 Å². The van der Waals surface area contributed by atoms with Gasteiger partial charge in [-0.3, -0.25) is 0 Å². The molecule has 1 aromatic rings. The molecule has 1 aromatic carbocycles. The van der Waals surface area contributed by atoms with Crippen molar-refractivity contribution in [2.75, 3.05) is 21.3 Å². The summed E-state index contributed by atoms with van der Waals surface area (Å²) in [6, 6.07) is 2.02. The number of hydrogen-bond donors (Lipinski definition) is 1. The Kier molecular flexibility index (Phi) is 3.75. The van der Waals surface area contributed by atoms with E-state index in [1.165, 1.54) is 6.42 Å². The van der Waals surface area contributed by atoms with Crippen molar-refractivity contribution >= 4 is 0 Å². The average Bonchev–Trinajstić information content (AvgIpc) is 3.13. The third kappa shape index (κ3) is 1.91. The van der Waals surface area contributed by atoms with E-state index in [0.29, 0.717) is 17.2 Å². The Morgan fingerprint density at radius 3 is 2.52 bits per heavy atom. The summed E-state index contributed by atoms with van der Waals surface area (Å²) in [4.78, 5) is 0. The lowest BCUT2D eigenvalue weighted by atomic mass is 9.56. The Hall–Kier alpha value is -1.50. The summed E-state index contributed by atoms with van der Waals surface area (Å²) in [5.41, 5.74) is 1.56. The lowest BCUT2D eigenvalue weighted by Crippen LogP contribution is -2.54. The highest BCUT2D eigenvalue weighted by Gasteiger charge is 2.75. The zero-order valence-electron chi connectivity index (χ0n) is 16.4. The van der Waals surface area contributed by atoms with E-state index in [1.807, 2.05) is 13.0 Å². The van der Waals surface area contributed by atoms with E-state index in [9.17, 15) is 5.11 Å². The molecule has 6 atom stereocenters. The summed E-state index contributed by atoms with van der Waals surface area (Å²) in [5.74, 6) is 1.90. The van der Waals surface area contributed by atoms with E-state index in [-0.39, 0.29) is 23.7 Å². The maximum absolute atomic E-state index is 10.5. The summed E-state index contributed by atoms with van der Waals surface area (Å²) < 4.78 is 30.4. The second kappa shape index (κ2) is 5.75. The number of methoxy groups -OCH3 is 3. The number of hydrogen-bond acceptors (Lipinski definition) is 6. The topological polar surface area (TPSA) is 66.4 Å². The minimum Gasteiger partial charge on any atom is -0.493 e. The van der Waals surface area contributed by atoms with Gasteiger partial charge in [-0.25, -0.2) is 0 Å². The molecule has 0 unspecified atom stereocenters. The van der Waals surface area contributed by atoms with E-state index >= 15 is 0 Å². The van der Waals surface area contributed by atoms with Gasteiger partial charge in [-0.05, 0) is 37.8 Å². The van der Waals surface area contributed by atoms with Gasteiger partial charge in [-0.1, -0.05) is 12.8 Å². The first-order valence-electron chi connectivity index (χ1n) is 9.87. The van der Waals surface area contributed by atoms with Crippen LogP contribution in [0.3, 0.4) is 0 Å². The maximum atomic E-state index is 10.5. The summed E-state index contributed by atoms with van der Waals surface area (Å²) in [6.45, 7) is 1.82. The van der Waals surface area contributed by atoms with Crippen LogP contribution in [-0.2, 0) is 9.47 Å². The van der Waals surface area contributed by atoms with Gasteiger partial charge in [0, 0.05) is 11.0 Å². The molecule has 6 nitrogen and oxygen atoms in total. The largest absolute Gasteiger partial charge is 0.493 e. The summed E-state index contributed by atoms with van der Waals surface area (Å²) in [7, 11) is 4.91. The lowest BCUT2D eigenvalue weighted by molar-refractivity contribution is -0.157. The van der Waals surface area contributed by atoms with Gasteiger partial charge in [-0.15, -0.1) is 0 Å². The fourth-order valence-electron chi connectivity index (χ4n) is 6.49. The summed E-state index contributed by atoms with van der Waals surface area (Å²) in [5, 5.41) is 10.5. The van der Waals surface area contributed by atoms with Gasteiger partial charge in [-0.2, -0.15) is 0 Å². The number of ether oxygens (including phenoxy) is 5. The van der Waals surface area contributed by atoms with Crippen molar-refractivity contribution in [2.45, 2.75) is 69.0 Å². The highest BCUT2D eigenvalue weighted by Crippen LogP contribution is 2.75. The van der Waals surface area contributed by atoms with Gasteiger partial charge in [0.2, 0.25) is 5.75 Å². The molecule has 27 heavy (non-hydrogen) atoms. The minimum absolute atomic E-state index is 0.0748. The van der Waals surface area contributed by atoms with Crippen LogP contribution in [0.1, 0.15) is 62.4 Å². The third-order valence-corrected chi connectivity index (χ3v) is 7.35. The number of rotatable bonds is 4. The Bertz CT molecular complexity index is 776. The molecule has 5 rings (SSSR count). The molecule has 2 heterocycles. The van der Waals surface area contributed by atoms with Gasteiger partial charge in [0.05, 0.1) is 39.6 Å². The van der Waals surface area contributed by atoms with Crippen LogP contribution in [0.25, 0.3) is 0 Å². The second-order valence-corrected chi connectivity index (χ2v) is 8.39. The first-order chi connectivity index (χ1) is 13.0. The van der Waals surface area contributed by atoms with Crippen LogP contribution >= 0.6 is 0 Å². The normalized spacial score (nSPS) is 39.5. The van der Waals surface area contributed by atoms with E-state index in [1.54, 1.807) is 21.3 Å². The van der Waals surface area contributed by atoms with Crippen molar-refractivity contribution in [3.63, 3.8) is 0 Å². The van der Waals surface area contributed by atoms with E-state index in [0.717, 1.165) is 36.8 Å². The smallest absolute Gasteiger partial charge is 0.203 e. The van der Waals surface area contributed by atoms with Crippen molar-refractivity contribution in [1.82, 2.24) is 0 Å². The lowest BCUT2D eigenvalue weighted by Gasteiger charge is -2.46. The predicted octanol–water partition coefficient (Wildman–Crippen LogP) is 3.31. The molecular formula is C21H28O6. The molecule has 0 aromatic heterocycles. The Morgan fingerprint density at radius 2 is 1.85 bits per heavy atom. The fourth-order valence-corrected chi connectivity index (χ4v) is 6.49. The zero-order valence-corrected chi connectivity index (χ0v) is 16.4. The molecule has 0 radical (unpaired) electrons. The minimum atomic E-state index is -0.574. The van der Waals surface area contributed by atoms with E-state index in [2.05, 4.69) is 0 Å². The van der Waals surface area contributed by atoms with E-state index in [4.69, 9.17) is 23.7 Å². The first-order valence-corrected chi connectivity index (χ1v) is 9.87. The first kappa shape index (κ1) is 17.6. The molecule has 2 aliphatic carbocycles. The van der Waals surface area contributed by atoms with Crippen LogP contribution in [0.5, 0.6) is 17.2 Å². The summed E-state index contributed by atoms with van der Waals surface area (Å²) in [6.07, 6.45) is 4.09. The van der Waals surface area contributed by atoms with Crippen LogP contribution in [0.4, 0.5) is 0 Å². The Labute approximate surface area is 159 Å². The molecule has 1 saturated carbocycles. The molecule has 1 spiro atoms. The van der Waals surface area contributed by atoms with Gasteiger partial charge < -0.3 is 28.8 Å². The molecular weight excluding hydrogens is 348 g/mol. The molecule has 2 bridgehead atoms. The van der Waals surface area contributed by atoms with Crippen molar-refractivity contribution in [3.05, 3.63) is 17.2 Å². The van der Waals surface area contributed by atoms with Crippen LogP contribution in [-0.4, -0.2) is 44.2 Å².